The smallest absolute Gasteiger partial charge is 0.744 e. The molecule has 0 aliphatic heterocycles. The Kier molecular flexibility index (Phi) is 21.6. The molecule has 0 saturated carbocycles. The summed E-state index contributed by atoms with van der Waals surface area (Å²) in [7, 11) is -19.3. The minimum absolute atomic E-state index is 0. The summed E-state index contributed by atoms with van der Waals surface area (Å²) < 4.78 is 128. The van der Waals surface area contributed by atoms with Crippen molar-refractivity contribution in [3.63, 3.8) is 0 Å². The number of nitrogens with two attached hydrogens (primary N) is 2. The first-order chi connectivity index (χ1) is 19.9. The molecule has 0 spiro atoms. The fourth-order valence-corrected chi connectivity index (χ4v) is 5.69. The van der Waals surface area contributed by atoms with Crippen LogP contribution in [-0.4, -0.2) is 51.9 Å². The van der Waals surface area contributed by atoms with Gasteiger partial charge in [0.2, 0.25) is 10.9 Å². The maximum absolute atomic E-state index is 11.8. The molecule has 0 heterocycles. The summed E-state index contributed by atoms with van der Waals surface area (Å²) in [5.74, 6) is 0. The van der Waals surface area contributed by atoms with Crippen molar-refractivity contribution >= 4 is 51.8 Å². The van der Waals surface area contributed by atoms with Crippen LogP contribution in [0.4, 0.5) is 11.4 Å². The molecule has 0 amide bonds. The Morgan fingerprint density at radius 3 is 0.938 bits per heavy atom. The molecule has 2 aliphatic carbocycles. The standard InChI is InChI=1S/C10H6N2O8S2.2C6H7NO3S.4Na/c11-7-4(21(15,16)17)1-3-2-5(22(18,19)20)8(12)10(14)6(3)9(7)13;2*7-5-3-1-2-4-6(5)11(8,9)10;;;;/h1-2,11-12H,(H,15,16,17)(H,18,19,20);2*1-4H,7H2,(H,8,9,10);;;;/q;;;4*+1/p-4. The number of nitrogens with one attached hydrogen (secondary N) is 2. The monoisotopic (exact) mass is 780 g/mol. The van der Waals surface area contributed by atoms with Crippen molar-refractivity contribution in [2.45, 2.75) is 19.6 Å². The quantitative estimate of drug-likeness (QED) is 0.0848. The van der Waals surface area contributed by atoms with E-state index in [9.17, 15) is 61.5 Å². The van der Waals surface area contributed by atoms with Crippen LogP contribution in [-0.2, 0) is 40.5 Å². The predicted octanol–water partition coefficient (Wildman–Crippen LogP) is -14.9. The van der Waals surface area contributed by atoms with E-state index in [-0.39, 0.29) is 139 Å². The molecule has 0 fully saturated rings. The van der Waals surface area contributed by atoms with Gasteiger partial charge in [0.15, 0.2) is 0 Å². The third-order valence-electron chi connectivity index (χ3n) is 5.18. The molecule has 2 aromatic rings. The molecule has 4 rings (SSSR count). The van der Waals surface area contributed by atoms with Gasteiger partial charge in [0, 0.05) is 11.4 Å². The van der Waals surface area contributed by atoms with E-state index < -0.39 is 82.3 Å². The number of nitrogen functional groups attached to an aromatic ring is 2. The molecule has 0 atom stereocenters. The average Bonchev–Trinajstić information content (AvgIpc) is 2.86. The zero-order valence-electron chi connectivity index (χ0n) is 25.3. The predicted molar refractivity (Wildman–Crippen MR) is 142 cm³/mol. The van der Waals surface area contributed by atoms with Gasteiger partial charge < -0.3 is 29.7 Å². The molecule has 0 saturated heterocycles. The molecule has 0 bridgehead atoms. The largest absolute Gasteiger partial charge is 1.00 e. The molecular formula is C22H16N4Na4O14S4. The van der Waals surface area contributed by atoms with E-state index in [2.05, 4.69) is 0 Å². The van der Waals surface area contributed by atoms with Crippen molar-refractivity contribution in [1.82, 2.24) is 0 Å². The minimum atomic E-state index is -5.23. The second kappa shape index (κ2) is 20.0. The Balaban J connectivity index is -0.000000666. The van der Waals surface area contributed by atoms with Gasteiger partial charge in [0.1, 0.15) is 51.2 Å². The van der Waals surface area contributed by atoms with Gasteiger partial charge in [-0.2, -0.15) is 0 Å². The summed E-state index contributed by atoms with van der Waals surface area (Å²) in [5, 5.41) is 10.6. The Morgan fingerprint density at radius 1 is 0.479 bits per heavy atom. The molecule has 18 nitrogen and oxygen atoms in total. The van der Waals surface area contributed by atoms with Crippen LogP contribution in [0.2, 0.25) is 0 Å². The maximum Gasteiger partial charge on any atom is 1.00 e. The number of rotatable bonds is 4. The number of para-hydroxylation sites is 2. The first-order valence-electron chi connectivity index (χ1n) is 10.9. The van der Waals surface area contributed by atoms with Gasteiger partial charge in [-0.3, -0.25) is 20.4 Å². The topological polar surface area (TPSA) is 363 Å². The molecule has 26 heteroatoms. The number of hydrogen-bond donors (Lipinski definition) is 4. The second-order valence-electron chi connectivity index (χ2n) is 8.15. The summed E-state index contributed by atoms with van der Waals surface area (Å²) in [6.45, 7) is 0. The second-order valence-corrected chi connectivity index (χ2v) is 13.5. The zero-order chi connectivity index (χ0) is 34.0. The summed E-state index contributed by atoms with van der Waals surface area (Å²) >= 11 is 0. The zero-order valence-corrected chi connectivity index (χ0v) is 36.5. The number of benzene rings is 2. The van der Waals surface area contributed by atoms with Crippen LogP contribution in [0.5, 0.6) is 0 Å². The minimum Gasteiger partial charge on any atom is -0.744 e. The average molecular weight is 781 g/mol. The van der Waals surface area contributed by atoms with Crippen LogP contribution in [0.15, 0.2) is 89.8 Å². The van der Waals surface area contributed by atoms with E-state index in [1.807, 2.05) is 0 Å². The van der Waals surface area contributed by atoms with E-state index in [0.29, 0.717) is 12.1 Å². The molecule has 236 valence electrons. The molecule has 6 N–H and O–H groups in total. The van der Waals surface area contributed by atoms with Gasteiger partial charge in [-0.15, -0.1) is 0 Å². The first kappa shape index (κ1) is 51.9. The number of anilines is 2. The summed E-state index contributed by atoms with van der Waals surface area (Å²) in [5.41, 5.74) is 7.54. The Bertz CT molecular complexity index is 2340. The third kappa shape index (κ3) is 13.6. The fraction of sp³-hybridized carbons (Fsp3) is 0. The summed E-state index contributed by atoms with van der Waals surface area (Å²) in [6, 6.07) is 12.0. The van der Waals surface area contributed by atoms with Crippen LogP contribution in [0, 0.1) is 21.3 Å². The molecule has 0 aromatic heterocycles. The molecule has 0 radical (unpaired) electrons. The summed E-state index contributed by atoms with van der Waals surface area (Å²) in [6.07, 6.45) is 0. The van der Waals surface area contributed by atoms with Crippen LogP contribution < -0.4 is 151 Å². The van der Waals surface area contributed by atoms with Crippen molar-refractivity contribution in [2.75, 3.05) is 11.5 Å². The van der Waals surface area contributed by atoms with E-state index >= 15 is 0 Å². The van der Waals surface area contributed by atoms with Gasteiger partial charge in [0.05, 0.1) is 24.8 Å². The van der Waals surface area contributed by atoms with Crippen LogP contribution in [0.3, 0.4) is 0 Å². The van der Waals surface area contributed by atoms with Crippen molar-refractivity contribution in [3.05, 3.63) is 102 Å². The SMILES string of the molecule is N=c1c(S(=O)(=O)[O-])cc2cc(S(=O)(=O)[O-])c(=N)c(=O)c=2c1=O.Nc1ccccc1S(=O)(=O)[O-].Nc1ccccc1S(=O)(=O)[O-].[Na+].[Na+].[Na+].[Na+]. The Hall–Kier alpha value is -0.420. The first-order valence-corrected chi connectivity index (χ1v) is 16.5. The van der Waals surface area contributed by atoms with Gasteiger partial charge in [-0.1, -0.05) is 24.3 Å². The van der Waals surface area contributed by atoms with Crippen molar-refractivity contribution in [1.29, 1.82) is 10.8 Å². The van der Waals surface area contributed by atoms with E-state index in [4.69, 9.17) is 22.3 Å². The Morgan fingerprint density at radius 2 is 0.729 bits per heavy atom. The fourth-order valence-electron chi connectivity index (χ4n) is 3.26. The van der Waals surface area contributed by atoms with Crippen LogP contribution in [0.1, 0.15) is 0 Å². The normalized spacial score (nSPS) is 11.0. The van der Waals surface area contributed by atoms with Crippen molar-refractivity contribution in [2.24, 2.45) is 0 Å². The molecule has 0 unspecified atom stereocenters. The van der Waals surface area contributed by atoms with E-state index in [0.717, 1.165) is 0 Å². The van der Waals surface area contributed by atoms with Gasteiger partial charge in [-0.25, -0.2) is 33.7 Å². The summed E-state index contributed by atoms with van der Waals surface area (Å²) in [4.78, 5) is 20.4. The van der Waals surface area contributed by atoms with Crippen molar-refractivity contribution in [3.8, 4) is 0 Å². The van der Waals surface area contributed by atoms with E-state index in [1.165, 1.54) is 36.4 Å². The molecule has 2 aromatic carbocycles. The molecular weight excluding hydrogens is 764 g/mol. The number of hydrogen-bond acceptors (Lipinski definition) is 18. The van der Waals surface area contributed by atoms with Crippen molar-refractivity contribution < 1.29 is 170 Å². The Labute approximate surface area is 360 Å². The van der Waals surface area contributed by atoms with Gasteiger partial charge in [-0.05, 0) is 41.6 Å². The van der Waals surface area contributed by atoms with Crippen LogP contribution >= 0.6 is 0 Å². The molecule has 48 heavy (non-hydrogen) atoms. The molecule has 2 aliphatic rings. The third-order valence-corrected chi connectivity index (χ3v) is 8.72. The van der Waals surface area contributed by atoms with Gasteiger partial charge in [0.25, 0.3) is 0 Å². The van der Waals surface area contributed by atoms with Crippen LogP contribution in [0.25, 0.3) is 0 Å². The maximum atomic E-state index is 11.8. The van der Waals surface area contributed by atoms with E-state index in [1.54, 1.807) is 12.1 Å². The van der Waals surface area contributed by atoms with Gasteiger partial charge >= 0.3 is 118 Å².